The van der Waals surface area contributed by atoms with Crippen molar-refractivity contribution in [1.29, 1.82) is 0 Å². The van der Waals surface area contributed by atoms with Crippen molar-refractivity contribution in [2.75, 3.05) is 4.90 Å². The molecule has 0 saturated carbocycles. The number of para-hydroxylation sites is 4. The first-order chi connectivity index (χ1) is 31.3. The summed E-state index contributed by atoms with van der Waals surface area (Å²) in [6.45, 7) is 0. The summed E-state index contributed by atoms with van der Waals surface area (Å²) in [5.41, 5.74) is 18.7. The summed E-state index contributed by atoms with van der Waals surface area (Å²) >= 11 is 0. The molecule has 0 aliphatic heterocycles. The van der Waals surface area contributed by atoms with Gasteiger partial charge in [0.05, 0.1) is 22.1 Å². The van der Waals surface area contributed by atoms with E-state index in [2.05, 4.69) is 264 Å². The molecule has 296 valence electrons. The van der Waals surface area contributed by atoms with Gasteiger partial charge in [-0.15, -0.1) is 0 Å². The Labute approximate surface area is 368 Å². The van der Waals surface area contributed by atoms with Crippen molar-refractivity contribution >= 4 is 38.9 Å². The Morgan fingerprint density at radius 2 is 0.825 bits per heavy atom. The molecule has 0 N–H and O–H groups in total. The van der Waals surface area contributed by atoms with Gasteiger partial charge in [-0.1, -0.05) is 200 Å². The molecule has 0 fully saturated rings. The van der Waals surface area contributed by atoms with Crippen LogP contribution in [0.2, 0.25) is 0 Å². The Kier molecular flexibility index (Phi) is 8.76. The maximum absolute atomic E-state index is 2.49. The molecule has 0 amide bonds. The van der Waals surface area contributed by atoms with Crippen LogP contribution in [0.5, 0.6) is 0 Å². The van der Waals surface area contributed by atoms with Gasteiger partial charge in [-0.3, -0.25) is 0 Å². The second-order valence-electron chi connectivity index (χ2n) is 16.4. The third-order valence-corrected chi connectivity index (χ3v) is 13.1. The van der Waals surface area contributed by atoms with Crippen LogP contribution in [0, 0.1) is 0 Å². The molecule has 1 aromatic heterocycles. The smallest absolute Gasteiger partial charge is 0.0714 e. The molecule has 0 unspecified atom stereocenters. The van der Waals surface area contributed by atoms with Crippen molar-refractivity contribution in [3.05, 3.63) is 277 Å². The van der Waals surface area contributed by atoms with Crippen LogP contribution in [-0.4, -0.2) is 4.57 Å². The van der Waals surface area contributed by atoms with Gasteiger partial charge in [0.25, 0.3) is 0 Å². The van der Waals surface area contributed by atoms with Crippen LogP contribution in [0.25, 0.3) is 60.9 Å². The average Bonchev–Trinajstić information content (AvgIpc) is 3.85. The first-order valence-corrected chi connectivity index (χ1v) is 21.8. The largest absolute Gasteiger partial charge is 0.310 e. The number of rotatable bonds is 8. The zero-order valence-corrected chi connectivity index (χ0v) is 34.6. The molecule has 11 aromatic rings. The van der Waals surface area contributed by atoms with Crippen molar-refractivity contribution in [2.45, 2.75) is 5.41 Å². The van der Waals surface area contributed by atoms with Crippen LogP contribution in [0.4, 0.5) is 17.1 Å². The molecule has 2 heteroatoms. The minimum atomic E-state index is -0.492. The lowest BCUT2D eigenvalue weighted by molar-refractivity contribution is 0.767. The predicted octanol–water partition coefficient (Wildman–Crippen LogP) is 16.0. The average molecular weight is 803 g/mol. The number of fused-ring (bicyclic) bond motifs is 6. The highest BCUT2D eigenvalue weighted by Crippen LogP contribution is 2.56. The highest BCUT2D eigenvalue weighted by molar-refractivity contribution is 6.11. The van der Waals surface area contributed by atoms with Crippen molar-refractivity contribution < 1.29 is 0 Å². The number of aromatic nitrogens is 1. The summed E-state index contributed by atoms with van der Waals surface area (Å²) in [6, 6.07) is 93.2. The Balaban J connectivity index is 1.07. The van der Waals surface area contributed by atoms with Gasteiger partial charge in [0, 0.05) is 33.4 Å². The van der Waals surface area contributed by atoms with Gasteiger partial charge < -0.3 is 9.47 Å². The van der Waals surface area contributed by atoms with Crippen LogP contribution in [0.1, 0.15) is 22.3 Å². The molecule has 63 heavy (non-hydrogen) atoms. The first-order valence-electron chi connectivity index (χ1n) is 21.8. The van der Waals surface area contributed by atoms with Gasteiger partial charge >= 0.3 is 0 Å². The SMILES string of the molecule is c1ccc(N(c2ccccc2)c2ccccc2-c2ccccc2-c2ccc3c4ccccc4n(-c4ccc5c(c4)C(c4ccccc4)(c4ccccc4)c4ccccc4-5)c3c2)cc1. The lowest BCUT2D eigenvalue weighted by Gasteiger charge is -2.34. The van der Waals surface area contributed by atoms with Gasteiger partial charge in [-0.2, -0.15) is 0 Å². The lowest BCUT2D eigenvalue weighted by Crippen LogP contribution is -2.28. The minimum Gasteiger partial charge on any atom is -0.310 e. The highest BCUT2D eigenvalue weighted by Gasteiger charge is 2.46. The highest BCUT2D eigenvalue weighted by atomic mass is 15.1. The zero-order chi connectivity index (χ0) is 41.7. The minimum absolute atomic E-state index is 0.492. The van der Waals surface area contributed by atoms with Crippen LogP contribution >= 0.6 is 0 Å². The summed E-state index contributed by atoms with van der Waals surface area (Å²) in [7, 11) is 0. The molecule has 0 radical (unpaired) electrons. The summed E-state index contributed by atoms with van der Waals surface area (Å²) < 4.78 is 2.49. The van der Waals surface area contributed by atoms with E-state index in [9.17, 15) is 0 Å². The number of benzene rings is 10. The van der Waals surface area contributed by atoms with Gasteiger partial charge in [0.1, 0.15) is 0 Å². The van der Waals surface area contributed by atoms with Crippen molar-refractivity contribution in [1.82, 2.24) is 4.57 Å². The predicted molar refractivity (Wildman–Crippen MR) is 264 cm³/mol. The maximum Gasteiger partial charge on any atom is 0.0714 e. The first kappa shape index (κ1) is 36.6. The van der Waals surface area contributed by atoms with E-state index in [0.29, 0.717) is 0 Å². The van der Waals surface area contributed by atoms with Crippen molar-refractivity contribution in [3.8, 4) is 39.1 Å². The summed E-state index contributed by atoms with van der Waals surface area (Å²) in [5.74, 6) is 0. The zero-order valence-electron chi connectivity index (χ0n) is 34.6. The molecule has 0 bridgehead atoms. The fourth-order valence-electron chi connectivity index (χ4n) is 10.4. The Morgan fingerprint density at radius 3 is 1.51 bits per heavy atom. The third-order valence-electron chi connectivity index (χ3n) is 13.1. The van der Waals surface area contributed by atoms with E-state index in [-0.39, 0.29) is 0 Å². The van der Waals surface area contributed by atoms with E-state index in [0.717, 1.165) is 28.3 Å². The molecular formula is C61H42N2. The summed E-state index contributed by atoms with van der Waals surface area (Å²) in [6.07, 6.45) is 0. The summed E-state index contributed by atoms with van der Waals surface area (Å²) in [5, 5.41) is 2.47. The van der Waals surface area contributed by atoms with Crippen molar-refractivity contribution in [2.24, 2.45) is 0 Å². The molecular weight excluding hydrogens is 761 g/mol. The van der Waals surface area contributed by atoms with E-state index >= 15 is 0 Å². The molecule has 10 aromatic carbocycles. The number of hydrogen-bond donors (Lipinski definition) is 0. The standard InChI is InChI=1S/C61H42N2/c1-5-21-44(22-6-1)61(45-23-7-2-8-24-45)56-34-18-15-31-51(56)52-40-38-48(42-57(52)61)63-59-36-20-17-33-54(59)55-39-37-43(41-60(55)63)49-29-13-14-30-50(49)53-32-16-19-35-58(53)62(46-25-9-3-10-26-46)47-27-11-4-12-28-47/h1-42H. The maximum atomic E-state index is 2.49. The fraction of sp³-hybridized carbons (Fsp3) is 0.0164. The van der Waals surface area contributed by atoms with Gasteiger partial charge in [0.2, 0.25) is 0 Å². The van der Waals surface area contributed by atoms with Crippen LogP contribution in [-0.2, 0) is 5.41 Å². The Bertz CT molecular complexity index is 3360. The number of hydrogen-bond acceptors (Lipinski definition) is 1. The monoisotopic (exact) mass is 802 g/mol. The van der Waals surface area contributed by atoms with Gasteiger partial charge in [-0.25, -0.2) is 0 Å². The number of nitrogens with zero attached hydrogens (tertiary/aromatic N) is 2. The fourth-order valence-corrected chi connectivity index (χ4v) is 10.4. The topological polar surface area (TPSA) is 8.17 Å². The van der Waals surface area contributed by atoms with Crippen molar-refractivity contribution in [3.63, 3.8) is 0 Å². The van der Waals surface area contributed by atoms with Gasteiger partial charge in [0.15, 0.2) is 0 Å². The second kappa shape index (κ2) is 15.1. The molecule has 0 atom stereocenters. The molecule has 12 rings (SSSR count). The van der Waals surface area contributed by atoms with E-state index in [4.69, 9.17) is 0 Å². The lowest BCUT2D eigenvalue weighted by atomic mass is 9.67. The number of anilines is 3. The molecule has 1 aliphatic carbocycles. The Morgan fingerprint density at radius 1 is 0.317 bits per heavy atom. The Hall–Kier alpha value is -8.20. The van der Waals surface area contributed by atoms with E-state index in [1.807, 2.05) is 0 Å². The van der Waals surface area contributed by atoms with Crippen LogP contribution < -0.4 is 4.90 Å². The second-order valence-corrected chi connectivity index (χ2v) is 16.4. The van der Waals surface area contributed by atoms with E-state index < -0.39 is 5.41 Å². The summed E-state index contributed by atoms with van der Waals surface area (Å²) in [4.78, 5) is 2.37. The normalized spacial score (nSPS) is 12.6. The van der Waals surface area contributed by atoms with E-state index in [1.54, 1.807) is 0 Å². The molecule has 1 aliphatic rings. The van der Waals surface area contributed by atoms with Crippen LogP contribution in [0.15, 0.2) is 255 Å². The molecule has 0 spiro atoms. The van der Waals surface area contributed by atoms with Crippen LogP contribution in [0.3, 0.4) is 0 Å². The van der Waals surface area contributed by atoms with E-state index in [1.165, 1.54) is 71.9 Å². The quantitative estimate of drug-likeness (QED) is 0.149. The molecule has 1 heterocycles. The molecule has 2 nitrogen and oxygen atoms in total. The molecule has 0 saturated heterocycles. The third kappa shape index (κ3) is 5.80. The van der Waals surface area contributed by atoms with Gasteiger partial charge in [-0.05, 0) is 105 Å².